The van der Waals surface area contributed by atoms with Crippen LogP contribution in [0, 0.1) is 48.2 Å². The molecule has 0 N–H and O–H groups in total. The Morgan fingerprint density at radius 1 is 0.558 bits per heavy atom. The molecule has 0 atom stereocenters. The summed E-state index contributed by atoms with van der Waals surface area (Å²) in [5.74, 6) is 0. The molecule has 0 bridgehead atoms. The van der Waals surface area contributed by atoms with Gasteiger partial charge in [-0.05, 0) is 155 Å². The molecule has 0 spiro atoms. The predicted octanol–water partition coefficient (Wildman–Crippen LogP) is 14.2. The first kappa shape index (κ1) is 43.5. The van der Waals surface area contributed by atoms with Gasteiger partial charge in [-0.2, -0.15) is 6.67 Å². The van der Waals surface area contributed by atoms with Gasteiger partial charge < -0.3 is 9.80 Å². The van der Waals surface area contributed by atoms with Crippen molar-refractivity contribution in [1.82, 2.24) is 0 Å². The Morgan fingerprint density at radius 3 is 1.19 bits per heavy atom. The summed E-state index contributed by atoms with van der Waals surface area (Å²) in [5, 5.41) is 0. The van der Waals surface area contributed by atoms with Gasteiger partial charge in [0, 0.05) is 19.3 Å². The van der Waals surface area contributed by atoms with Crippen molar-refractivity contribution in [1.29, 1.82) is 0 Å². The molecule has 6 heteroatoms. The van der Waals surface area contributed by atoms with Gasteiger partial charge in [0.2, 0.25) is 0 Å². The maximum absolute atomic E-state index is 5.67. The van der Waals surface area contributed by atoms with E-state index in [4.69, 9.17) is 19.4 Å². The second-order valence-corrected chi connectivity index (χ2v) is 25.2. The van der Waals surface area contributed by atoms with Crippen LogP contribution in [0.4, 0.5) is 11.4 Å². The van der Waals surface area contributed by atoms with Gasteiger partial charge in [-0.25, -0.2) is 0 Å². The second-order valence-electron chi connectivity index (χ2n) is 16.1. The first-order chi connectivity index (χ1) is 24.9. The fourth-order valence-electron chi connectivity index (χ4n) is 9.75. The molecule has 0 aromatic heterocycles. The monoisotopic (exact) mass is 852 g/mol. The van der Waals surface area contributed by atoms with Gasteiger partial charge >= 0.3 is 73.4 Å². The molecule has 2 nitrogen and oxygen atoms in total. The SMILES string of the molecule is C1CCC([PH+](C2CCCCC2)C2CCCCC2)CC1.Cc1cc(C)c(N(C)[CH-]N(C)c2c(C)cc(C)cc2C)c(C)c1.[Cl][Ru]([Cl])=[CH]c1ccccc1. The fraction of sp³-hybridized carbons (Fsp3) is 0.565. The number of rotatable bonds is 8. The molecular weight excluding hydrogens is 783 g/mol. The van der Waals surface area contributed by atoms with Crippen LogP contribution in [0.1, 0.15) is 135 Å². The molecule has 0 aliphatic heterocycles. The van der Waals surface area contributed by atoms with Crippen molar-refractivity contribution in [3.8, 4) is 0 Å². The molecule has 0 saturated heterocycles. The quantitative estimate of drug-likeness (QED) is 0.127. The van der Waals surface area contributed by atoms with Gasteiger partial charge in [0.25, 0.3) is 0 Å². The maximum atomic E-state index is 5.67. The van der Waals surface area contributed by atoms with E-state index in [1.165, 1.54) is 61.7 Å². The molecule has 3 aromatic rings. The van der Waals surface area contributed by atoms with E-state index in [-0.39, 0.29) is 7.92 Å². The number of hydrogen-bond donors (Lipinski definition) is 0. The summed E-state index contributed by atoms with van der Waals surface area (Å²) in [6, 6.07) is 18.9. The van der Waals surface area contributed by atoms with Crippen LogP contribution >= 0.6 is 27.3 Å². The Bertz CT molecular complexity index is 1390. The summed E-state index contributed by atoms with van der Waals surface area (Å²) >= 11 is -1.61. The zero-order chi connectivity index (χ0) is 37.6. The summed E-state index contributed by atoms with van der Waals surface area (Å²) in [6.07, 6.45) is 23.8. The Hall–Kier alpha value is -1.24. The van der Waals surface area contributed by atoms with Crippen molar-refractivity contribution >= 4 is 43.3 Å². The van der Waals surface area contributed by atoms with E-state index in [0.29, 0.717) is 0 Å². The Kier molecular flexibility index (Phi) is 18.7. The van der Waals surface area contributed by atoms with Crippen LogP contribution in [0.25, 0.3) is 0 Å². The van der Waals surface area contributed by atoms with E-state index >= 15 is 0 Å². The van der Waals surface area contributed by atoms with E-state index in [9.17, 15) is 0 Å². The summed E-state index contributed by atoms with van der Waals surface area (Å²) < 4.78 is 1.92. The third-order valence-electron chi connectivity index (χ3n) is 11.5. The molecule has 0 amide bonds. The molecule has 3 aliphatic carbocycles. The Labute approximate surface area is 333 Å². The zero-order valence-corrected chi connectivity index (χ0v) is 37.9. The van der Waals surface area contributed by atoms with Crippen LogP contribution in [0.2, 0.25) is 0 Å². The normalized spacial score (nSPS) is 17.4. The van der Waals surface area contributed by atoms with Gasteiger partial charge in [-0.3, -0.25) is 0 Å². The van der Waals surface area contributed by atoms with Crippen molar-refractivity contribution in [3.63, 3.8) is 0 Å². The van der Waals surface area contributed by atoms with Crippen LogP contribution < -0.4 is 9.80 Å². The molecule has 52 heavy (non-hydrogen) atoms. The van der Waals surface area contributed by atoms with Crippen molar-refractivity contribution in [2.45, 2.75) is 155 Å². The molecule has 3 fully saturated rings. The second kappa shape index (κ2) is 22.3. The molecule has 0 unspecified atom stereocenters. The third kappa shape index (κ3) is 13.5. The van der Waals surface area contributed by atoms with Crippen LogP contribution in [0.15, 0.2) is 54.6 Å². The summed E-state index contributed by atoms with van der Waals surface area (Å²) in [4.78, 5) is 4.45. The third-order valence-corrected chi connectivity index (χ3v) is 18.0. The number of aryl methyl sites for hydroxylation is 6. The van der Waals surface area contributed by atoms with Crippen molar-refractivity contribution < 1.29 is 13.5 Å². The van der Waals surface area contributed by atoms with Crippen LogP contribution in [-0.4, -0.2) is 35.7 Å². The molecule has 290 valence electrons. The van der Waals surface area contributed by atoms with Crippen LogP contribution in [0.3, 0.4) is 0 Å². The van der Waals surface area contributed by atoms with Crippen LogP contribution in [0.5, 0.6) is 0 Å². The molecule has 0 heterocycles. The summed E-state index contributed by atoms with van der Waals surface area (Å²) in [6.45, 7) is 15.2. The average molecular weight is 853 g/mol. The van der Waals surface area contributed by atoms with E-state index in [2.05, 4.69) is 96.4 Å². The average Bonchev–Trinajstić information content (AvgIpc) is 3.10. The molecule has 6 rings (SSSR count). The van der Waals surface area contributed by atoms with Crippen molar-refractivity contribution in [2.75, 3.05) is 23.9 Å². The standard InChI is InChI=1S/C21H29N2.C18H33P.C7H6.2ClH.Ru/c1-14-9-16(3)20(17(4)10-14)22(7)13-23(8)21-18(5)11-15(2)12-19(21)6;1-4-10-16(11-5-1)19(17-12-6-2-7-13-17)18-14-8-3-9-15-18;1-7-5-3-2-4-6-7;;;/h9-13H,1-8H3;16-18H,1-15H2;1-6H;2*1H;/q-1;;;;;+2/p-1. The van der Waals surface area contributed by atoms with Gasteiger partial charge in [-0.15, -0.1) is 0 Å². The molecular formula is C46H69Cl2N2PRu. The van der Waals surface area contributed by atoms with E-state index in [0.717, 1.165) is 5.56 Å². The van der Waals surface area contributed by atoms with Gasteiger partial charge in [-0.1, -0.05) is 54.7 Å². The molecule has 3 aliphatic rings. The van der Waals surface area contributed by atoms with Crippen molar-refractivity contribution in [2.24, 2.45) is 0 Å². The Morgan fingerprint density at radius 2 is 0.885 bits per heavy atom. The number of benzene rings is 3. The minimum absolute atomic E-state index is 0.0465. The first-order valence-electron chi connectivity index (χ1n) is 20.2. The number of anilines is 2. The summed E-state index contributed by atoms with van der Waals surface area (Å²) in [7, 11) is 15.5. The van der Waals surface area contributed by atoms with E-state index < -0.39 is 13.5 Å². The predicted molar refractivity (Wildman–Crippen MR) is 235 cm³/mol. The van der Waals surface area contributed by atoms with Gasteiger partial charge in [0.05, 0.1) is 17.0 Å². The first-order valence-corrected chi connectivity index (χ1v) is 27.4. The van der Waals surface area contributed by atoms with Crippen molar-refractivity contribution in [3.05, 3.63) is 100 Å². The number of nitrogens with zero attached hydrogens (tertiary/aromatic N) is 2. The zero-order valence-electron chi connectivity index (χ0n) is 33.7. The number of halogens is 2. The van der Waals surface area contributed by atoms with E-state index in [1.54, 1.807) is 96.3 Å². The van der Waals surface area contributed by atoms with Crippen LogP contribution in [-0.2, 0) is 13.5 Å². The molecule has 3 aromatic carbocycles. The Balaban J connectivity index is 0.000000187. The van der Waals surface area contributed by atoms with E-state index in [1.807, 2.05) is 34.9 Å². The molecule has 0 radical (unpaired) electrons. The molecule has 3 saturated carbocycles. The number of hydrogen-bond acceptors (Lipinski definition) is 2. The topological polar surface area (TPSA) is 6.48 Å². The minimum atomic E-state index is -1.61. The van der Waals surface area contributed by atoms with Gasteiger partial charge in [0.1, 0.15) is 0 Å². The fourth-order valence-corrected chi connectivity index (χ4v) is 16.8. The van der Waals surface area contributed by atoms with Gasteiger partial charge in [0.15, 0.2) is 0 Å². The summed E-state index contributed by atoms with van der Waals surface area (Å²) in [5.41, 5.74) is 15.2.